The number of aromatic nitrogens is 1. The maximum atomic E-state index is 12.5. The van der Waals surface area contributed by atoms with Gasteiger partial charge >= 0.3 is 0 Å². The Morgan fingerprint density at radius 1 is 1.31 bits per heavy atom. The van der Waals surface area contributed by atoms with E-state index in [9.17, 15) is 18.0 Å². The normalized spacial score (nSPS) is 18.7. The highest BCUT2D eigenvalue weighted by Crippen LogP contribution is 2.22. The van der Waals surface area contributed by atoms with Crippen molar-refractivity contribution in [2.45, 2.75) is 31.7 Å². The summed E-state index contributed by atoms with van der Waals surface area (Å²) in [5.74, 6) is -0.325. The lowest BCUT2D eigenvalue weighted by Crippen LogP contribution is -2.44. The van der Waals surface area contributed by atoms with Gasteiger partial charge in [0.25, 0.3) is 5.91 Å². The van der Waals surface area contributed by atoms with Crippen molar-refractivity contribution in [2.24, 2.45) is 0 Å². The van der Waals surface area contributed by atoms with E-state index in [1.807, 2.05) is 6.07 Å². The van der Waals surface area contributed by atoms with Crippen molar-refractivity contribution in [3.05, 3.63) is 46.2 Å². The van der Waals surface area contributed by atoms with Gasteiger partial charge in [-0.2, -0.15) is 4.31 Å². The number of pyridine rings is 1. The van der Waals surface area contributed by atoms with E-state index in [-0.39, 0.29) is 17.5 Å². The SMILES string of the molecule is CS(=O)(=O)N1CCCC[C@H]1CCNC(=O)c1cc(=O)[nH]c2ccccc12. The highest BCUT2D eigenvalue weighted by atomic mass is 32.2. The minimum absolute atomic E-state index is 0.0880. The van der Waals surface area contributed by atoms with Gasteiger partial charge in [-0.25, -0.2) is 8.42 Å². The minimum atomic E-state index is -3.24. The summed E-state index contributed by atoms with van der Waals surface area (Å²) in [6, 6.07) is 8.34. The molecule has 0 saturated carbocycles. The smallest absolute Gasteiger partial charge is 0.252 e. The summed E-state index contributed by atoms with van der Waals surface area (Å²) in [5, 5.41) is 3.50. The molecule has 2 aromatic rings. The first-order valence-electron chi connectivity index (χ1n) is 8.73. The molecule has 1 amide bonds. The van der Waals surface area contributed by atoms with Crippen molar-refractivity contribution in [3.8, 4) is 0 Å². The van der Waals surface area contributed by atoms with Crippen molar-refractivity contribution in [3.63, 3.8) is 0 Å². The van der Waals surface area contributed by atoms with E-state index in [1.165, 1.54) is 16.6 Å². The van der Waals surface area contributed by atoms with Crippen LogP contribution in [0.2, 0.25) is 0 Å². The molecule has 0 aliphatic carbocycles. The van der Waals surface area contributed by atoms with Crippen LogP contribution < -0.4 is 10.9 Å². The second kappa shape index (κ2) is 7.59. The van der Waals surface area contributed by atoms with Crippen LogP contribution in [0, 0.1) is 0 Å². The Morgan fingerprint density at radius 2 is 2.08 bits per heavy atom. The first-order valence-corrected chi connectivity index (χ1v) is 10.6. The fourth-order valence-corrected chi connectivity index (χ4v) is 4.75. The number of para-hydroxylation sites is 1. The monoisotopic (exact) mass is 377 g/mol. The molecule has 3 rings (SSSR count). The third-order valence-electron chi connectivity index (χ3n) is 4.76. The average molecular weight is 377 g/mol. The highest BCUT2D eigenvalue weighted by molar-refractivity contribution is 7.88. The Balaban J connectivity index is 1.69. The molecule has 7 nitrogen and oxygen atoms in total. The van der Waals surface area contributed by atoms with E-state index in [4.69, 9.17) is 0 Å². The molecule has 1 atom stereocenters. The molecule has 1 aliphatic heterocycles. The van der Waals surface area contributed by atoms with Gasteiger partial charge in [0.1, 0.15) is 0 Å². The number of rotatable bonds is 5. The van der Waals surface area contributed by atoms with Crippen LogP contribution in [-0.4, -0.2) is 49.0 Å². The van der Waals surface area contributed by atoms with Crippen LogP contribution in [0.25, 0.3) is 10.9 Å². The summed E-state index contributed by atoms with van der Waals surface area (Å²) < 4.78 is 25.3. The van der Waals surface area contributed by atoms with E-state index >= 15 is 0 Å². The summed E-state index contributed by atoms with van der Waals surface area (Å²) in [5.41, 5.74) is 0.609. The fourth-order valence-electron chi connectivity index (χ4n) is 3.54. The quantitative estimate of drug-likeness (QED) is 0.824. The highest BCUT2D eigenvalue weighted by Gasteiger charge is 2.29. The van der Waals surface area contributed by atoms with Crippen LogP contribution in [0.1, 0.15) is 36.0 Å². The van der Waals surface area contributed by atoms with Crippen LogP contribution >= 0.6 is 0 Å². The number of benzene rings is 1. The molecule has 2 heterocycles. The van der Waals surface area contributed by atoms with Crippen LogP contribution in [0.3, 0.4) is 0 Å². The van der Waals surface area contributed by atoms with Crippen molar-refractivity contribution in [1.82, 2.24) is 14.6 Å². The molecule has 1 fully saturated rings. The maximum absolute atomic E-state index is 12.5. The predicted molar refractivity (Wildman–Crippen MR) is 101 cm³/mol. The van der Waals surface area contributed by atoms with Gasteiger partial charge in [0.05, 0.1) is 11.8 Å². The molecule has 1 saturated heterocycles. The lowest BCUT2D eigenvalue weighted by Gasteiger charge is -2.33. The van der Waals surface area contributed by atoms with Gasteiger partial charge in [0.15, 0.2) is 0 Å². The lowest BCUT2D eigenvalue weighted by atomic mass is 10.0. The second-order valence-electron chi connectivity index (χ2n) is 6.66. The molecular formula is C18H23N3O4S. The van der Waals surface area contributed by atoms with E-state index in [2.05, 4.69) is 10.3 Å². The van der Waals surface area contributed by atoms with Gasteiger partial charge in [0.2, 0.25) is 15.6 Å². The van der Waals surface area contributed by atoms with Gasteiger partial charge in [0, 0.05) is 36.1 Å². The van der Waals surface area contributed by atoms with Gasteiger partial charge in [-0.15, -0.1) is 0 Å². The largest absolute Gasteiger partial charge is 0.352 e. The van der Waals surface area contributed by atoms with E-state index in [1.54, 1.807) is 18.2 Å². The molecule has 1 aromatic carbocycles. The number of hydrogen-bond acceptors (Lipinski definition) is 4. The van der Waals surface area contributed by atoms with Crippen molar-refractivity contribution >= 4 is 26.8 Å². The average Bonchev–Trinajstić information content (AvgIpc) is 2.60. The van der Waals surface area contributed by atoms with Crippen LogP contribution in [-0.2, 0) is 10.0 Å². The molecule has 0 bridgehead atoms. The van der Waals surface area contributed by atoms with Crippen LogP contribution in [0.4, 0.5) is 0 Å². The van der Waals surface area contributed by atoms with E-state index in [0.29, 0.717) is 36.0 Å². The topological polar surface area (TPSA) is 99.3 Å². The molecule has 140 valence electrons. The first-order chi connectivity index (χ1) is 12.4. The Hall–Kier alpha value is -2.19. The summed E-state index contributed by atoms with van der Waals surface area (Å²) in [6.45, 7) is 0.896. The third kappa shape index (κ3) is 4.13. The number of nitrogens with zero attached hydrogens (tertiary/aromatic N) is 1. The number of fused-ring (bicyclic) bond motifs is 1. The molecule has 0 spiro atoms. The van der Waals surface area contributed by atoms with Gasteiger partial charge in [-0.05, 0) is 25.3 Å². The molecule has 1 aromatic heterocycles. The fraction of sp³-hybridized carbons (Fsp3) is 0.444. The van der Waals surface area contributed by atoms with Gasteiger partial charge in [-0.1, -0.05) is 24.6 Å². The van der Waals surface area contributed by atoms with Crippen molar-refractivity contribution in [2.75, 3.05) is 19.3 Å². The number of H-pyrrole nitrogens is 1. The Bertz CT molecular complexity index is 968. The number of carbonyl (C=O) groups is 1. The Morgan fingerprint density at radius 3 is 2.85 bits per heavy atom. The number of hydrogen-bond donors (Lipinski definition) is 2. The van der Waals surface area contributed by atoms with Crippen LogP contribution in [0.5, 0.6) is 0 Å². The van der Waals surface area contributed by atoms with E-state index < -0.39 is 10.0 Å². The summed E-state index contributed by atoms with van der Waals surface area (Å²) in [4.78, 5) is 27.0. The molecule has 0 radical (unpaired) electrons. The second-order valence-corrected chi connectivity index (χ2v) is 8.60. The molecule has 0 unspecified atom stereocenters. The molecule has 8 heteroatoms. The van der Waals surface area contributed by atoms with Gasteiger partial charge in [-0.3, -0.25) is 9.59 Å². The number of piperidine rings is 1. The number of carbonyl (C=O) groups excluding carboxylic acids is 1. The van der Waals surface area contributed by atoms with E-state index in [0.717, 1.165) is 19.3 Å². The number of aromatic amines is 1. The third-order valence-corrected chi connectivity index (χ3v) is 6.09. The Labute approximate surface area is 152 Å². The minimum Gasteiger partial charge on any atom is -0.352 e. The van der Waals surface area contributed by atoms with Crippen LogP contribution in [0.15, 0.2) is 35.1 Å². The van der Waals surface area contributed by atoms with Crippen molar-refractivity contribution < 1.29 is 13.2 Å². The Kier molecular flexibility index (Phi) is 5.43. The zero-order chi connectivity index (χ0) is 18.7. The lowest BCUT2D eigenvalue weighted by molar-refractivity contribution is 0.0951. The molecular weight excluding hydrogens is 354 g/mol. The predicted octanol–water partition coefficient (Wildman–Crippen LogP) is 1.46. The zero-order valence-corrected chi connectivity index (χ0v) is 15.5. The number of sulfonamides is 1. The first kappa shape index (κ1) is 18.6. The molecule has 26 heavy (non-hydrogen) atoms. The van der Waals surface area contributed by atoms with Crippen molar-refractivity contribution in [1.29, 1.82) is 0 Å². The standard InChI is InChI=1S/C18H23N3O4S/c1-26(24,25)21-11-5-4-6-13(21)9-10-19-18(23)15-12-17(22)20-16-8-3-2-7-14(15)16/h2-3,7-8,12-13H,4-6,9-11H2,1H3,(H,19,23)(H,20,22)/t13-/m0/s1. The molecule has 1 aliphatic rings. The maximum Gasteiger partial charge on any atom is 0.252 e. The number of amides is 1. The summed E-state index contributed by atoms with van der Waals surface area (Å²) in [7, 11) is -3.24. The number of nitrogens with one attached hydrogen (secondary N) is 2. The van der Waals surface area contributed by atoms with Gasteiger partial charge < -0.3 is 10.3 Å². The summed E-state index contributed by atoms with van der Waals surface area (Å²) in [6.07, 6.45) is 4.45. The summed E-state index contributed by atoms with van der Waals surface area (Å²) >= 11 is 0. The molecule has 2 N–H and O–H groups in total. The zero-order valence-electron chi connectivity index (χ0n) is 14.7.